The van der Waals surface area contributed by atoms with Crippen LogP contribution in [-0.4, -0.2) is 0 Å². The molecule has 0 N–H and O–H groups in total. The van der Waals surface area contributed by atoms with Crippen molar-refractivity contribution in [2.24, 2.45) is 23.2 Å². The smallest absolute Gasteiger partial charge is 0.0303 e. The van der Waals surface area contributed by atoms with Gasteiger partial charge in [-0.3, -0.25) is 0 Å². The lowest BCUT2D eigenvalue weighted by Gasteiger charge is -2.23. The van der Waals surface area contributed by atoms with Crippen molar-refractivity contribution in [2.75, 3.05) is 0 Å². The molecule has 0 aliphatic heterocycles. The fourth-order valence-electron chi connectivity index (χ4n) is 2.70. The minimum Gasteiger partial charge on any atom is -0.0651 e. The van der Waals surface area contributed by atoms with E-state index in [1.165, 1.54) is 12.8 Å². The first-order valence-electron chi connectivity index (χ1n) is 5.04. The fraction of sp³-hybridized carbons (Fsp3) is 1.00. The molecule has 1 aliphatic carbocycles. The van der Waals surface area contributed by atoms with Gasteiger partial charge in [0.15, 0.2) is 0 Å². The van der Waals surface area contributed by atoms with Crippen molar-refractivity contribution in [2.45, 2.75) is 47.5 Å². The summed E-state index contributed by atoms with van der Waals surface area (Å²) in [5, 5.41) is 0. The van der Waals surface area contributed by atoms with E-state index in [1.54, 1.807) is 0 Å². The Morgan fingerprint density at radius 2 is 1.73 bits per heavy atom. The molecule has 1 saturated carbocycles. The summed E-state index contributed by atoms with van der Waals surface area (Å²) in [6.07, 6.45) is 2.72. The van der Waals surface area contributed by atoms with E-state index in [0.717, 1.165) is 17.8 Å². The van der Waals surface area contributed by atoms with Crippen LogP contribution in [0.4, 0.5) is 0 Å². The summed E-state index contributed by atoms with van der Waals surface area (Å²) in [6, 6.07) is 0. The molecular weight excluding hydrogens is 132 g/mol. The minimum atomic E-state index is 0.597. The topological polar surface area (TPSA) is 0 Å². The highest BCUT2D eigenvalue weighted by Gasteiger charge is 2.52. The number of hydrogen-bond acceptors (Lipinski definition) is 0. The first-order chi connectivity index (χ1) is 5.04. The van der Waals surface area contributed by atoms with Crippen LogP contribution in [-0.2, 0) is 0 Å². The van der Waals surface area contributed by atoms with Gasteiger partial charge in [-0.1, -0.05) is 47.5 Å². The molecule has 0 saturated heterocycles. The summed E-state index contributed by atoms with van der Waals surface area (Å²) < 4.78 is 0. The lowest BCUT2D eigenvalue weighted by Crippen LogP contribution is -2.14. The Morgan fingerprint density at radius 1 is 1.18 bits per heavy atom. The predicted octanol–water partition coefficient (Wildman–Crippen LogP) is 3.71. The second kappa shape index (κ2) is 2.80. The first-order valence-corrected chi connectivity index (χ1v) is 5.04. The standard InChI is InChI=1S/C11H22/c1-6-9-8(3)10(9)11(4,5)7-2/h8-10H,6-7H2,1-5H3. The van der Waals surface area contributed by atoms with Gasteiger partial charge in [0.2, 0.25) is 0 Å². The van der Waals surface area contributed by atoms with Gasteiger partial charge in [0, 0.05) is 0 Å². The minimum absolute atomic E-state index is 0.597. The molecule has 0 nitrogen and oxygen atoms in total. The van der Waals surface area contributed by atoms with Crippen LogP contribution in [0.3, 0.4) is 0 Å². The Balaban J connectivity index is 2.51. The van der Waals surface area contributed by atoms with Crippen molar-refractivity contribution < 1.29 is 0 Å². The zero-order valence-electron chi connectivity index (χ0n) is 8.65. The van der Waals surface area contributed by atoms with Crippen LogP contribution < -0.4 is 0 Å². The van der Waals surface area contributed by atoms with E-state index in [1.807, 2.05) is 0 Å². The quantitative estimate of drug-likeness (QED) is 0.581. The molecule has 0 radical (unpaired) electrons. The van der Waals surface area contributed by atoms with E-state index in [-0.39, 0.29) is 0 Å². The Morgan fingerprint density at radius 3 is 2.00 bits per heavy atom. The van der Waals surface area contributed by atoms with Gasteiger partial charge in [0.1, 0.15) is 0 Å². The Hall–Kier alpha value is 0. The molecule has 1 fully saturated rings. The van der Waals surface area contributed by atoms with Gasteiger partial charge in [-0.25, -0.2) is 0 Å². The van der Waals surface area contributed by atoms with Gasteiger partial charge in [-0.2, -0.15) is 0 Å². The molecule has 3 unspecified atom stereocenters. The maximum absolute atomic E-state index is 2.42. The molecule has 0 amide bonds. The second-order valence-electron chi connectivity index (χ2n) is 4.80. The van der Waals surface area contributed by atoms with Gasteiger partial charge < -0.3 is 0 Å². The summed E-state index contributed by atoms with van der Waals surface area (Å²) >= 11 is 0. The molecule has 3 atom stereocenters. The molecule has 0 aromatic heterocycles. The normalized spacial score (nSPS) is 37.4. The molecule has 66 valence electrons. The monoisotopic (exact) mass is 154 g/mol. The molecule has 0 aromatic carbocycles. The Bertz CT molecular complexity index is 135. The van der Waals surface area contributed by atoms with Gasteiger partial charge in [-0.15, -0.1) is 0 Å². The van der Waals surface area contributed by atoms with Crippen LogP contribution >= 0.6 is 0 Å². The van der Waals surface area contributed by atoms with Crippen LogP contribution in [0, 0.1) is 23.2 Å². The molecule has 11 heavy (non-hydrogen) atoms. The molecule has 1 rings (SSSR count). The molecular formula is C11H22. The molecule has 0 heterocycles. The largest absolute Gasteiger partial charge is 0.0651 e. The van der Waals surface area contributed by atoms with E-state index in [9.17, 15) is 0 Å². The van der Waals surface area contributed by atoms with Crippen molar-refractivity contribution >= 4 is 0 Å². The highest BCUT2D eigenvalue weighted by Crippen LogP contribution is 2.58. The zero-order valence-corrected chi connectivity index (χ0v) is 8.65. The molecule has 1 aliphatic rings. The predicted molar refractivity (Wildman–Crippen MR) is 50.5 cm³/mol. The fourth-order valence-corrected chi connectivity index (χ4v) is 2.70. The number of hydrogen-bond donors (Lipinski definition) is 0. The third-order valence-corrected chi connectivity index (χ3v) is 3.85. The lowest BCUT2D eigenvalue weighted by molar-refractivity contribution is 0.270. The van der Waals surface area contributed by atoms with Crippen molar-refractivity contribution in [1.29, 1.82) is 0 Å². The van der Waals surface area contributed by atoms with E-state index < -0.39 is 0 Å². The first kappa shape index (κ1) is 9.09. The number of rotatable bonds is 3. The van der Waals surface area contributed by atoms with Crippen LogP contribution in [0.25, 0.3) is 0 Å². The SMILES string of the molecule is CCC1C(C)C1C(C)(C)CC. The van der Waals surface area contributed by atoms with Crippen molar-refractivity contribution in [1.82, 2.24) is 0 Å². The summed E-state index contributed by atoms with van der Waals surface area (Å²) in [4.78, 5) is 0. The third-order valence-electron chi connectivity index (χ3n) is 3.85. The van der Waals surface area contributed by atoms with Gasteiger partial charge in [-0.05, 0) is 23.2 Å². The van der Waals surface area contributed by atoms with Crippen LogP contribution in [0.15, 0.2) is 0 Å². The second-order valence-corrected chi connectivity index (χ2v) is 4.80. The Labute approximate surface area is 71.4 Å². The van der Waals surface area contributed by atoms with Crippen LogP contribution in [0.1, 0.15) is 47.5 Å². The highest BCUT2D eigenvalue weighted by molar-refractivity contribution is 5.00. The zero-order chi connectivity index (χ0) is 8.65. The average molecular weight is 154 g/mol. The van der Waals surface area contributed by atoms with E-state index in [4.69, 9.17) is 0 Å². The van der Waals surface area contributed by atoms with E-state index in [0.29, 0.717) is 5.41 Å². The van der Waals surface area contributed by atoms with Gasteiger partial charge in [0.25, 0.3) is 0 Å². The third kappa shape index (κ3) is 1.45. The lowest BCUT2D eigenvalue weighted by atomic mass is 9.82. The highest BCUT2D eigenvalue weighted by atomic mass is 14.6. The van der Waals surface area contributed by atoms with Gasteiger partial charge in [0.05, 0.1) is 0 Å². The van der Waals surface area contributed by atoms with Crippen molar-refractivity contribution in [3.8, 4) is 0 Å². The maximum Gasteiger partial charge on any atom is -0.0303 e. The maximum atomic E-state index is 2.42. The van der Waals surface area contributed by atoms with Crippen LogP contribution in [0.5, 0.6) is 0 Å². The molecule has 0 bridgehead atoms. The van der Waals surface area contributed by atoms with Gasteiger partial charge >= 0.3 is 0 Å². The molecule has 0 heteroatoms. The Kier molecular flexibility index (Phi) is 2.32. The van der Waals surface area contributed by atoms with Crippen LogP contribution in [0.2, 0.25) is 0 Å². The van der Waals surface area contributed by atoms with E-state index >= 15 is 0 Å². The van der Waals surface area contributed by atoms with E-state index in [2.05, 4.69) is 34.6 Å². The summed E-state index contributed by atoms with van der Waals surface area (Å²) in [7, 11) is 0. The summed E-state index contributed by atoms with van der Waals surface area (Å²) in [5.74, 6) is 3.04. The molecule has 0 spiro atoms. The molecule has 0 aromatic rings. The summed E-state index contributed by atoms with van der Waals surface area (Å²) in [6.45, 7) is 11.9. The summed E-state index contributed by atoms with van der Waals surface area (Å²) in [5.41, 5.74) is 0.597. The van der Waals surface area contributed by atoms with Crippen molar-refractivity contribution in [3.63, 3.8) is 0 Å². The average Bonchev–Trinajstić information content (AvgIpc) is 2.61. The van der Waals surface area contributed by atoms with Crippen molar-refractivity contribution in [3.05, 3.63) is 0 Å².